The highest BCUT2D eigenvalue weighted by Crippen LogP contribution is 2.36. The quantitative estimate of drug-likeness (QED) is 0.107. The SMILES string of the molecule is CCCCCCCCOc1c(OC(C)=O)c(=O)oc2cc(O[C@@H]3O[C@H](COC(C)=O)[C@H](OC(C)=O)[C@H](OC(C)=O)[C@H]3OC(C)=O)ccc12. The van der Waals surface area contributed by atoms with E-state index < -0.39 is 78.5 Å². The summed E-state index contributed by atoms with van der Waals surface area (Å²) in [4.78, 5) is 72.6. The molecule has 0 amide bonds. The van der Waals surface area contributed by atoms with Gasteiger partial charge in [-0.2, -0.15) is 0 Å². The monoisotopic (exact) mass is 678 g/mol. The van der Waals surface area contributed by atoms with Crippen LogP contribution in [0.3, 0.4) is 0 Å². The zero-order valence-corrected chi connectivity index (χ0v) is 27.9. The normalized spacial score (nSPS) is 20.3. The van der Waals surface area contributed by atoms with Gasteiger partial charge in [0.25, 0.3) is 5.75 Å². The van der Waals surface area contributed by atoms with Gasteiger partial charge in [0.15, 0.2) is 18.0 Å². The van der Waals surface area contributed by atoms with Gasteiger partial charge < -0.3 is 42.3 Å². The lowest BCUT2D eigenvalue weighted by Crippen LogP contribution is -2.63. The van der Waals surface area contributed by atoms with Crippen molar-refractivity contribution in [2.45, 2.75) is 111 Å². The molecule has 5 atom stereocenters. The summed E-state index contributed by atoms with van der Waals surface area (Å²) in [5.74, 6) is -4.13. The van der Waals surface area contributed by atoms with Crippen molar-refractivity contribution in [2.75, 3.05) is 13.2 Å². The molecule has 2 heterocycles. The molecular weight excluding hydrogens is 636 g/mol. The standard InChI is InChI=1S/C33H42O15/c1-7-8-9-10-11-12-15-40-27-24-14-13-23(16-25(24)47-32(39)30(27)44-21(5)37)46-33-31(45-22(6)38)29(43-20(4)36)28(42-19(3)35)26(48-33)17-41-18(2)34/h13-14,16,26,28-29,31,33H,7-12,15,17H2,1-6H3/t26-,28+,29+,31-,33-/m1/s1. The van der Waals surface area contributed by atoms with Crippen molar-refractivity contribution in [3.8, 4) is 17.2 Å². The van der Waals surface area contributed by atoms with E-state index in [9.17, 15) is 28.8 Å². The highest BCUT2D eigenvalue weighted by molar-refractivity contribution is 5.87. The van der Waals surface area contributed by atoms with Crippen molar-refractivity contribution in [2.24, 2.45) is 0 Å². The molecule has 3 rings (SSSR count). The zero-order chi connectivity index (χ0) is 35.4. The second-order valence-electron chi connectivity index (χ2n) is 11.1. The summed E-state index contributed by atoms with van der Waals surface area (Å²) in [7, 11) is 0. The highest BCUT2D eigenvalue weighted by Gasteiger charge is 2.53. The van der Waals surface area contributed by atoms with Crippen LogP contribution in [-0.4, -0.2) is 73.8 Å². The Kier molecular flexibility index (Phi) is 14.2. The smallest absolute Gasteiger partial charge is 0.383 e. The third-order valence-corrected chi connectivity index (χ3v) is 6.98. The fourth-order valence-electron chi connectivity index (χ4n) is 5.06. The van der Waals surface area contributed by atoms with Gasteiger partial charge in [0.05, 0.1) is 12.0 Å². The van der Waals surface area contributed by atoms with E-state index in [1.54, 1.807) is 0 Å². The van der Waals surface area contributed by atoms with Crippen LogP contribution in [0, 0.1) is 0 Å². The number of carbonyl (C=O) groups is 5. The molecule has 2 aromatic rings. The Bertz CT molecular complexity index is 1510. The van der Waals surface area contributed by atoms with E-state index in [-0.39, 0.29) is 23.7 Å². The third-order valence-electron chi connectivity index (χ3n) is 6.98. The summed E-state index contributed by atoms with van der Waals surface area (Å²) in [6.07, 6.45) is -1.01. The number of hydrogen-bond donors (Lipinski definition) is 0. The molecule has 15 nitrogen and oxygen atoms in total. The first-order chi connectivity index (χ1) is 22.8. The first-order valence-corrected chi connectivity index (χ1v) is 15.7. The fraction of sp³-hybridized carbons (Fsp3) is 0.576. The number of unbranched alkanes of at least 4 members (excludes halogenated alkanes) is 5. The predicted octanol–water partition coefficient (Wildman–Crippen LogP) is 3.92. The molecule has 0 N–H and O–H groups in total. The Balaban J connectivity index is 1.99. The summed E-state index contributed by atoms with van der Waals surface area (Å²) < 4.78 is 49.9. The first kappa shape index (κ1) is 37.8. The van der Waals surface area contributed by atoms with Gasteiger partial charge in [-0.15, -0.1) is 0 Å². The van der Waals surface area contributed by atoms with Gasteiger partial charge >= 0.3 is 35.5 Å². The van der Waals surface area contributed by atoms with Crippen LogP contribution in [0.2, 0.25) is 0 Å². The van der Waals surface area contributed by atoms with Gasteiger partial charge in [-0.3, -0.25) is 24.0 Å². The van der Waals surface area contributed by atoms with E-state index in [1.165, 1.54) is 18.2 Å². The Morgan fingerprint density at radius 2 is 1.35 bits per heavy atom. The lowest BCUT2D eigenvalue weighted by molar-refractivity contribution is -0.288. The van der Waals surface area contributed by atoms with E-state index >= 15 is 0 Å². The van der Waals surface area contributed by atoms with E-state index in [0.717, 1.165) is 66.7 Å². The summed E-state index contributed by atoms with van der Waals surface area (Å²) >= 11 is 0. The summed E-state index contributed by atoms with van der Waals surface area (Å²) in [5, 5.41) is 0.297. The minimum absolute atomic E-state index is 0.00279. The van der Waals surface area contributed by atoms with Crippen LogP contribution in [0.25, 0.3) is 11.0 Å². The summed E-state index contributed by atoms with van der Waals surface area (Å²) in [6, 6.07) is 4.30. The Labute approximate surface area is 277 Å². The second kappa shape index (κ2) is 18.0. The molecule has 0 spiro atoms. The average Bonchev–Trinajstić information content (AvgIpc) is 2.99. The molecule has 0 saturated carbocycles. The first-order valence-electron chi connectivity index (χ1n) is 15.7. The summed E-state index contributed by atoms with van der Waals surface area (Å²) in [6.45, 7) is 7.56. The van der Waals surface area contributed by atoms with Crippen molar-refractivity contribution >= 4 is 40.8 Å². The Hall–Kier alpha value is -4.66. The molecule has 1 aliphatic heterocycles. The van der Waals surface area contributed by atoms with Crippen molar-refractivity contribution in [3.63, 3.8) is 0 Å². The van der Waals surface area contributed by atoms with Crippen LogP contribution < -0.4 is 19.8 Å². The van der Waals surface area contributed by atoms with E-state index in [4.69, 9.17) is 42.3 Å². The Morgan fingerprint density at radius 1 is 0.729 bits per heavy atom. The van der Waals surface area contributed by atoms with Gasteiger partial charge in [0.1, 0.15) is 24.0 Å². The highest BCUT2D eigenvalue weighted by atomic mass is 16.7. The topological polar surface area (TPSA) is 189 Å². The van der Waals surface area contributed by atoms with Gasteiger partial charge in [0.2, 0.25) is 12.4 Å². The molecule has 48 heavy (non-hydrogen) atoms. The van der Waals surface area contributed by atoms with Crippen LogP contribution in [0.4, 0.5) is 0 Å². The maximum Gasteiger partial charge on any atom is 0.383 e. The van der Waals surface area contributed by atoms with E-state index in [1.807, 2.05) is 0 Å². The zero-order valence-electron chi connectivity index (χ0n) is 27.9. The summed E-state index contributed by atoms with van der Waals surface area (Å²) in [5.41, 5.74) is -0.975. The number of ether oxygens (including phenoxy) is 8. The van der Waals surface area contributed by atoms with Crippen molar-refractivity contribution < 1.29 is 66.3 Å². The molecule has 15 heteroatoms. The van der Waals surface area contributed by atoms with E-state index in [2.05, 4.69) is 6.92 Å². The molecule has 0 radical (unpaired) electrons. The average molecular weight is 679 g/mol. The molecule has 0 unspecified atom stereocenters. The number of benzene rings is 1. The molecule has 1 aliphatic rings. The lowest BCUT2D eigenvalue weighted by atomic mass is 9.98. The molecule has 1 aromatic carbocycles. The number of fused-ring (bicyclic) bond motifs is 1. The fourth-order valence-corrected chi connectivity index (χ4v) is 5.06. The van der Waals surface area contributed by atoms with Crippen LogP contribution in [0.15, 0.2) is 27.4 Å². The minimum Gasteiger partial charge on any atom is -0.489 e. The van der Waals surface area contributed by atoms with Gasteiger partial charge in [-0.1, -0.05) is 39.0 Å². The molecule has 1 saturated heterocycles. The third kappa shape index (κ3) is 11.0. The maximum absolute atomic E-state index is 12.9. The Morgan fingerprint density at radius 3 is 1.98 bits per heavy atom. The van der Waals surface area contributed by atoms with Gasteiger partial charge in [-0.25, -0.2) is 4.79 Å². The number of carbonyl (C=O) groups excluding carboxylic acids is 5. The van der Waals surface area contributed by atoms with Gasteiger partial charge in [-0.05, 0) is 18.6 Å². The number of hydrogen-bond acceptors (Lipinski definition) is 15. The molecule has 1 fully saturated rings. The van der Waals surface area contributed by atoms with Crippen LogP contribution in [0.1, 0.15) is 80.1 Å². The van der Waals surface area contributed by atoms with Crippen molar-refractivity contribution in [1.82, 2.24) is 0 Å². The molecular formula is C33H42O15. The lowest BCUT2D eigenvalue weighted by Gasteiger charge is -2.43. The van der Waals surface area contributed by atoms with Crippen LogP contribution in [-0.2, 0) is 47.7 Å². The molecule has 0 bridgehead atoms. The number of esters is 5. The minimum atomic E-state index is -1.52. The van der Waals surface area contributed by atoms with E-state index in [0.29, 0.717) is 11.8 Å². The number of rotatable bonds is 16. The molecule has 0 aliphatic carbocycles. The second-order valence-corrected chi connectivity index (χ2v) is 11.1. The van der Waals surface area contributed by atoms with Crippen molar-refractivity contribution in [3.05, 3.63) is 28.6 Å². The maximum atomic E-state index is 12.9. The largest absolute Gasteiger partial charge is 0.489 e. The predicted molar refractivity (Wildman–Crippen MR) is 165 cm³/mol. The molecule has 1 aromatic heterocycles. The van der Waals surface area contributed by atoms with Gasteiger partial charge in [0, 0.05) is 40.7 Å². The van der Waals surface area contributed by atoms with Crippen LogP contribution in [0.5, 0.6) is 17.2 Å². The van der Waals surface area contributed by atoms with Crippen LogP contribution >= 0.6 is 0 Å². The van der Waals surface area contributed by atoms with Crippen molar-refractivity contribution in [1.29, 1.82) is 0 Å². The molecule has 264 valence electrons.